The molecule has 0 spiro atoms. The van der Waals surface area contributed by atoms with Gasteiger partial charge in [0.2, 0.25) is 0 Å². The van der Waals surface area contributed by atoms with E-state index in [1.54, 1.807) is 12.4 Å². The van der Waals surface area contributed by atoms with Crippen molar-refractivity contribution in [2.75, 3.05) is 5.32 Å². The van der Waals surface area contributed by atoms with Gasteiger partial charge in [-0.15, -0.1) is 0 Å². The number of halogens is 1. The average molecular weight is 373 g/mol. The lowest BCUT2D eigenvalue weighted by molar-refractivity contribution is 1.11. The molecule has 0 amide bonds. The molecule has 0 aliphatic heterocycles. The SMILES string of the molecule is Clc1ccccc1-c1nc(Nc2n[nH]c3ccccc23)c2ccncc2n1. The molecule has 7 heteroatoms. The monoisotopic (exact) mass is 372 g/mol. The zero-order valence-corrected chi connectivity index (χ0v) is 14.8. The molecule has 0 unspecified atom stereocenters. The molecule has 0 saturated heterocycles. The van der Waals surface area contributed by atoms with Gasteiger partial charge >= 0.3 is 0 Å². The summed E-state index contributed by atoms with van der Waals surface area (Å²) in [7, 11) is 0. The van der Waals surface area contributed by atoms with Crippen LogP contribution in [0.5, 0.6) is 0 Å². The fourth-order valence-corrected chi connectivity index (χ4v) is 3.23. The largest absolute Gasteiger partial charge is 0.322 e. The second-order valence-corrected chi connectivity index (χ2v) is 6.42. The van der Waals surface area contributed by atoms with Crippen molar-refractivity contribution in [3.05, 3.63) is 72.0 Å². The Kier molecular flexibility index (Phi) is 3.69. The van der Waals surface area contributed by atoms with Gasteiger partial charge in [-0.2, -0.15) is 5.10 Å². The standard InChI is InChI=1S/C20H13ClN6/c21-15-7-3-1-5-12(15)18-23-17-11-22-10-9-14(17)19(24-18)25-20-13-6-2-4-8-16(13)26-27-20/h1-11H,(H2,23,24,25,26,27). The third-order valence-corrected chi connectivity index (χ3v) is 4.65. The highest BCUT2D eigenvalue weighted by Crippen LogP contribution is 2.31. The fourth-order valence-electron chi connectivity index (χ4n) is 3.01. The Morgan fingerprint density at radius 2 is 1.70 bits per heavy atom. The summed E-state index contributed by atoms with van der Waals surface area (Å²) in [6, 6.07) is 17.3. The van der Waals surface area contributed by atoms with Gasteiger partial charge in [-0.1, -0.05) is 35.9 Å². The quantitative estimate of drug-likeness (QED) is 0.467. The lowest BCUT2D eigenvalue weighted by atomic mass is 10.2. The van der Waals surface area contributed by atoms with E-state index in [4.69, 9.17) is 16.6 Å². The molecule has 130 valence electrons. The van der Waals surface area contributed by atoms with E-state index in [1.165, 1.54) is 0 Å². The highest BCUT2D eigenvalue weighted by atomic mass is 35.5. The Balaban J connectivity index is 1.70. The van der Waals surface area contributed by atoms with E-state index in [1.807, 2.05) is 54.6 Å². The van der Waals surface area contributed by atoms with E-state index < -0.39 is 0 Å². The molecule has 0 aliphatic rings. The molecule has 0 radical (unpaired) electrons. The number of aromatic nitrogens is 5. The first-order valence-corrected chi connectivity index (χ1v) is 8.74. The maximum Gasteiger partial charge on any atom is 0.163 e. The minimum absolute atomic E-state index is 0.531. The first-order valence-electron chi connectivity index (χ1n) is 8.36. The minimum atomic E-state index is 0.531. The summed E-state index contributed by atoms with van der Waals surface area (Å²) in [5, 5.41) is 13.2. The molecule has 6 nitrogen and oxygen atoms in total. The number of nitrogens with zero attached hydrogens (tertiary/aromatic N) is 4. The summed E-state index contributed by atoms with van der Waals surface area (Å²) in [6.07, 6.45) is 3.43. The van der Waals surface area contributed by atoms with Crippen LogP contribution < -0.4 is 5.32 Å². The predicted molar refractivity (Wildman–Crippen MR) is 107 cm³/mol. The van der Waals surface area contributed by atoms with Crippen LogP contribution in [0.3, 0.4) is 0 Å². The zero-order chi connectivity index (χ0) is 18.2. The van der Waals surface area contributed by atoms with Gasteiger partial charge < -0.3 is 5.32 Å². The number of H-pyrrole nitrogens is 1. The lowest BCUT2D eigenvalue weighted by Gasteiger charge is -2.10. The molecular formula is C20H13ClN6. The molecule has 0 bridgehead atoms. The van der Waals surface area contributed by atoms with Gasteiger partial charge in [0.05, 0.1) is 22.3 Å². The maximum absolute atomic E-state index is 6.35. The Morgan fingerprint density at radius 1 is 0.852 bits per heavy atom. The van der Waals surface area contributed by atoms with Crippen LogP contribution >= 0.6 is 11.6 Å². The van der Waals surface area contributed by atoms with Crippen molar-refractivity contribution in [3.63, 3.8) is 0 Å². The molecule has 0 aliphatic carbocycles. The van der Waals surface area contributed by atoms with Crippen molar-refractivity contribution in [1.82, 2.24) is 25.1 Å². The van der Waals surface area contributed by atoms with Gasteiger partial charge in [0.25, 0.3) is 0 Å². The normalized spacial score (nSPS) is 11.1. The Bertz CT molecular complexity index is 1280. The summed E-state index contributed by atoms with van der Waals surface area (Å²) in [6.45, 7) is 0. The van der Waals surface area contributed by atoms with Crippen molar-refractivity contribution < 1.29 is 0 Å². The fraction of sp³-hybridized carbons (Fsp3) is 0. The maximum atomic E-state index is 6.35. The predicted octanol–water partition coefficient (Wildman–Crippen LogP) is 4.97. The van der Waals surface area contributed by atoms with Crippen molar-refractivity contribution >= 4 is 45.0 Å². The van der Waals surface area contributed by atoms with Crippen LogP contribution in [0.4, 0.5) is 11.6 Å². The molecule has 0 fully saturated rings. The van der Waals surface area contributed by atoms with Crippen LogP contribution in [0, 0.1) is 0 Å². The molecule has 27 heavy (non-hydrogen) atoms. The second-order valence-electron chi connectivity index (χ2n) is 6.01. The minimum Gasteiger partial charge on any atom is -0.322 e. The van der Waals surface area contributed by atoms with Gasteiger partial charge in [-0.05, 0) is 30.3 Å². The third-order valence-electron chi connectivity index (χ3n) is 4.32. The number of rotatable bonds is 3. The number of nitrogens with one attached hydrogen (secondary N) is 2. The molecule has 2 N–H and O–H groups in total. The number of benzene rings is 2. The van der Waals surface area contributed by atoms with Crippen LogP contribution in [-0.4, -0.2) is 25.1 Å². The number of hydrogen-bond acceptors (Lipinski definition) is 5. The smallest absolute Gasteiger partial charge is 0.163 e. The Hall–Kier alpha value is -3.51. The zero-order valence-electron chi connectivity index (χ0n) is 14.0. The summed E-state index contributed by atoms with van der Waals surface area (Å²) < 4.78 is 0. The molecule has 3 heterocycles. The summed E-state index contributed by atoms with van der Waals surface area (Å²) in [5.74, 6) is 1.88. The molecular weight excluding hydrogens is 360 g/mol. The van der Waals surface area contributed by atoms with Crippen molar-refractivity contribution in [2.45, 2.75) is 0 Å². The summed E-state index contributed by atoms with van der Waals surface area (Å²) in [5.41, 5.74) is 2.44. The highest BCUT2D eigenvalue weighted by Gasteiger charge is 2.14. The summed E-state index contributed by atoms with van der Waals surface area (Å²) >= 11 is 6.35. The Morgan fingerprint density at radius 3 is 2.63 bits per heavy atom. The second kappa shape index (κ2) is 6.34. The van der Waals surface area contributed by atoms with E-state index in [0.717, 1.165) is 27.4 Å². The van der Waals surface area contributed by atoms with E-state index in [2.05, 4.69) is 25.5 Å². The average Bonchev–Trinajstić information content (AvgIpc) is 3.11. The first-order chi connectivity index (χ1) is 13.3. The number of aromatic amines is 1. The molecule has 3 aromatic heterocycles. The van der Waals surface area contributed by atoms with Gasteiger partial charge in [-0.25, -0.2) is 9.97 Å². The van der Waals surface area contributed by atoms with E-state index in [9.17, 15) is 0 Å². The van der Waals surface area contributed by atoms with Crippen molar-refractivity contribution in [3.8, 4) is 11.4 Å². The van der Waals surface area contributed by atoms with Crippen LogP contribution in [0.15, 0.2) is 67.0 Å². The van der Waals surface area contributed by atoms with Gasteiger partial charge in [0.15, 0.2) is 11.6 Å². The molecule has 5 rings (SSSR count). The van der Waals surface area contributed by atoms with Gasteiger partial charge in [-0.3, -0.25) is 10.1 Å². The van der Waals surface area contributed by atoms with Crippen molar-refractivity contribution in [2.24, 2.45) is 0 Å². The van der Waals surface area contributed by atoms with Crippen molar-refractivity contribution in [1.29, 1.82) is 0 Å². The molecule has 5 aromatic rings. The summed E-state index contributed by atoms with van der Waals surface area (Å²) in [4.78, 5) is 13.5. The first kappa shape index (κ1) is 15.7. The van der Waals surface area contributed by atoms with Crippen LogP contribution in [0.25, 0.3) is 33.2 Å². The van der Waals surface area contributed by atoms with Crippen LogP contribution in [0.2, 0.25) is 5.02 Å². The number of pyridine rings is 1. The number of anilines is 2. The van der Waals surface area contributed by atoms with Crippen LogP contribution in [0.1, 0.15) is 0 Å². The topological polar surface area (TPSA) is 79.4 Å². The molecule has 0 saturated carbocycles. The lowest BCUT2D eigenvalue weighted by Crippen LogP contribution is -2.00. The Labute approximate surface area is 159 Å². The van der Waals surface area contributed by atoms with Crippen LogP contribution in [-0.2, 0) is 0 Å². The third kappa shape index (κ3) is 2.76. The molecule has 2 aromatic carbocycles. The molecule has 0 atom stereocenters. The van der Waals surface area contributed by atoms with E-state index >= 15 is 0 Å². The van der Waals surface area contributed by atoms with Gasteiger partial charge in [0, 0.05) is 22.5 Å². The van der Waals surface area contributed by atoms with Gasteiger partial charge in [0.1, 0.15) is 5.82 Å². The number of fused-ring (bicyclic) bond motifs is 2. The highest BCUT2D eigenvalue weighted by molar-refractivity contribution is 6.33. The van der Waals surface area contributed by atoms with E-state index in [-0.39, 0.29) is 0 Å². The number of para-hydroxylation sites is 1. The number of hydrogen-bond donors (Lipinski definition) is 2. The van der Waals surface area contributed by atoms with E-state index in [0.29, 0.717) is 22.5 Å².